The Kier molecular flexibility index (Phi) is 6.92. The average molecular weight is 263 g/mol. The van der Waals surface area contributed by atoms with Crippen molar-refractivity contribution in [1.29, 1.82) is 0 Å². The molecular formula is C10H18F5NO. The minimum Gasteiger partial charge on any atom is -0.370 e. The molecule has 7 heteroatoms. The largest absolute Gasteiger partial charge is 0.455 e. The van der Waals surface area contributed by atoms with Crippen LogP contribution in [0.15, 0.2) is 0 Å². The van der Waals surface area contributed by atoms with Crippen LogP contribution in [0.2, 0.25) is 0 Å². The summed E-state index contributed by atoms with van der Waals surface area (Å²) in [5, 5.41) is 2.86. The Balaban J connectivity index is 4.19. The van der Waals surface area contributed by atoms with E-state index in [0.29, 0.717) is 19.4 Å². The van der Waals surface area contributed by atoms with E-state index in [4.69, 9.17) is 0 Å². The molecule has 0 bridgehead atoms. The fourth-order valence-corrected chi connectivity index (χ4v) is 1.18. The Morgan fingerprint density at radius 3 is 2.12 bits per heavy atom. The van der Waals surface area contributed by atoms with E-state index in [1.54, 1.807) is 0 Å². The molecule has 104 valence electrons. The van der Waals surface area contributed by atoms with Crippen molar-refractivity contribution in [3.05, 3.63) is 0 Å². The van der Waals surface area contributed by atoms with Gasteiger partial charge in [-0.25, -0.2) is 0 Å². The van der Waals surface area contributed by atoms with Crippen molar-refractivity contribution in [3.63, 3.8) is 0 Å². The van der Waals surface area contributed by atoms with Gasteiger partial charge in [0.1, 0.15) is 6.61 Å². The number of rotatable bonds is 8. The van der Waals surface area contributed by atoms with Crippen LogP contribution in [0.1, 0.15) is 26.7 Å². The second kappa shape index (κ2) is 7.10. The van der Waals surface area contributed by atoms with Crippen LogP contribution in [-0.2, 0) is 4.74 Å². The zero-order valence-corrected chi connectivity index (χ0v) is 9.91. The maximum Gasteiger partial charge on any atom is 0.455 e. The lowest BCUT2D eigenvalue weighted by Gasteiger charge is -2.23. The third-order valence-electron chi connectivity index (χ3n) is 2.15. The fraction of sp³-hybridized carbons (Fsp3) is 1.00. The first-order chi connectivity index (χ1) is 7.74. The van der Waals surface area contributed by atoms with E-state index in [1.165, 1.54) is 0 Å². The molecule has 0 saturated carbocycles. The lowest BCUT2D eigenvalue weighted by Crippen LogP contribution is -2.43. The highest BCUT2D eigenvalue weighted by Gasteiger charge is 2.57. The third-order valence-corrected chi connectivity index (χ3v) is 2.15. The van der Waals surface area contributed by atoms with Gasteiger partial charge in [-0.15, -0.1) is 0 Å². The molecular weight excluding hydrogens is 245 g/mol. The molecule has 1 N–H and O–H groups in total. The highest BCUT2D eigenvalue weighted by Crippen LogP contribution is 2.35. The van der Waals surface area contributed by atoms with Crippen molar-refractivity contribution in [2.24, 2.45) is 0 Å². The predicted octanol–water partition coefficient (Wildman–Crippen LogP) is 2.98. The fourth-order valence-electron chi connectivity index (χ4n) is 1.18. The first-order valence-electron chi connectivity index (χ1n) is 5.51. The smallest absolute Gasteiger partial charge is 0.370 e. The molecule has 2 nitrogen and oxygen atoms in total. The van der Waals surface area contributed by atoms with Crippen LogP contribution in [0, 0.1) is 0 Å². The Morgan fingerprint density at radius 2 is 1.71 bits per heavy atom. The Hall–Kier alpha value is -0.430. The van der Waals surface area contributed by atoms with Crippen molar-refractivity contribution in [2.45, 2.75) is 44.9 Å². The average Bonchev–Trinajstić information content (AvgIpc) is 2.20. The van der Waals surface area contributed by atoms with Crippen molar-refractivity contribution in [3.8, 4) is 0 Å². The predicted molar refractivity (Wildman–Crippen MR) is 54.2 cm³/mol. The summed E-state index contributed by atoms with van der Waals surface area (Å²) in [6, 6.07) is 0. The van der Waals surface area contributed by atoms with Gasteiger partial charge in [-0.1, -0.05) is 20.3 Å². The molecule has 0 aromatic heterocycles. The minimum absolute atomic E-state index is 0.276. The van der Waals surface area contributed by atoms with Gasteiger partial charge in [0.05, 0.1) is 6.10 Å². The van der Waals surface area contributed by atoms with E-state index in [0.717, 1.165) is 0 Å². The first kappa shape index (κ1) is 16.6. The van der Waals surface area contributed by atoms with E-state index < -0.39 is 24.8 Å². The van der Waals surface area contributed by atoms with Gasteiger partial charge in [0, 0.05) is 6.54 Å². The molecule has 0 rings (SSSR count). The van der Waals surface area contributed by atoms with E-state index in [1.807, 2.05) is 13.8 Å². The molecule has 0 aromatic carbocycles. The summed E-state index contributed by atoms with van der Waals surface area (Å²) in [6.45, 7) is 2.89. The van der Waals surface area contributed by atoms with Gasteiger partial charge in [0.2, 0.25) is 0 Å². The number of nitrogens with one attached hydrogen (secondary N) is 1. The summed E-state index contributed by atoms with van der Waals surface area (Å²) in [5.41, 5.74) is 0. The normalized spacial score (nSPS) is 15.0. The summed E-state index contributed by atoms with van der Waals surface area (Å²) in [6.07, 6.45) is -5.07. The van der Waals surface area contributed by atoms with Crippen LogP contribution in [-0.4, -0.2) is 37.9 Å². The van der Waals surface area contributed by atoms with Gasteiger partial charge in [0.15, 0.2) is 0 Å². The molecule has 1 atom stereocenters. The summed E-state index contributed by atoms with van der Waals surface area (Å²) >= 11 is 0. The van der Waals surface area contributed by atoms with Crippen molar-refractivity contribution in [1.82, 2.24) is 5.32 Å². The Morgan fingerprint density at radius 1 is 1.12 bits per heavy atom. The lowest BCUT2D eigenvalue weighted by molar-refractivity contribution is -0.299. The number of hydrogen-bond donors (Lipinski definition) is 1. The zero-order valence-electron chi connectivity index (χ0n) is 9.91. The van der Waals surface area contributed by atoms with Gasteiger partial charge in [-0.3, -0.25) is 0 Å². The van der Waals surface area contributed by atoms with Crippen LogP contribution in [0.5, 0.6) is 0 Å². The van der Waals surface area contributed by atoms with E-state index in [9.17, 15) is 22.0 Å². The molecule has 0 radical (unpaired) electrons. The number of ether oxygens (including phenoxy) is 1. The quantitative estimate of drug-likeness (QED) is 0.680. The van der Waals surface area contributed by atoms with E-state index in [2.05, 4.69) is 10.1 Å². The first-order valence-corrected chi connectivity index (χ1v) is 5.51. The second-order valence-electron chi connectivity index (χ2n) is 3.73. The highest BCUT2D eigenvalue weighted by molar-refractivity contribution is 4.76. The molecule has 0 aromatic rings. The van der Waals surface area contributed by atoms with E-state index in [-0.39, 0.29) is 6.54 Å². The van der Waals surface area contributed by atoms with Crippen LogP contribution in [0.25, 0.3) is 0 Å². The summed E-state index contributed by atoms with van der Waals surface area (Å²) in [5.74, 6) is -4.79. The number of halogens is 5. The van der Waals surface area contributed by atoms with Gasteiger partial charge in [0.25, 0.3) is 0 Å². The van der Waals surface area contributed by atoms with Gasteiger partial charge in [-0.05, 0) is 13.0 Å². The van der Waals surface area contributed by atoms with Crippen molar-refractivity contribution in [2.75, 3.05) is 19.7 Å². The molecule has 0 aliphatic rings. The molecule has 17 heavy (non-hydrogen) atoms. The van der Waals surface area contributed by atoms with Crippen molar-refractivity contribution < 1.29 is 26.7 Å². The molecule has 0 aliphatic carbocycles. The zero-order chi connectivity index (χ0) is 13.5. The maximum atomic E-state index is 12.6. The maximum absolute atomic E-state index is 12.6. The topological polar surface area (TPSA) is 21.3 Å². The molecule has 0 spiro atoms. The highest BCUT2D eigenvalue weighted by atomic mass is 19.4. The van der Waals surface area contributed by atoms with Crippen LogP contribution in [0.4, 0.5) is 22.0 Å². The van der Waals surface area contributed by atoms with Crippen LogP contribution >= 0.6 is 0 Å². The molecule has 0 fully saturated rings. The van der Waals surface area contributed by atoms with Gasteiger partial charge < -0.3 is 10.1 Å². The van der Waals surface area contributed by atoms with Gasteiger partial charge in [-0.2, -0.15) is 22.0 Å². The number of likely N-dealkylation sites (N-methyl/N-ethyl adjacent to an activating group) is 1. The minimum atomic E-state index is -5.55. The van der Waals surface area contributed by atoms with Gasteiger partial charge >= 0.3 is 12.1 Å². The summed E-state index contributed by atoms with van der Waals surface area (Å²) in [4.78, 5) is 0. The monoisotopic (exact) mass is 263 g/mol. The number of hydrogen-bond acceptors (Lipinski definition) is 2. The Bertz CT molecular complexity index is 207. The number of alkyl halides is 5. The van der Waals surface area contributed by atoms with Crippen molar-refractivity contribution >= 4 is 0 Å². The van der Waals surface area contributed by atoms with E-state index >= 15 is 0 Å². The molecule has 0 heterocycles. The molecule has 0 aliphatic heterocycles. The van der Waals surface area contributed by atoms with Crippen LogP contribution in [0.3, 0.4) is 0 Å². The molecule has 1 unspecified atom stereocenters. The Labute approximate surface area is 97.5 Å². The third kappa shape index (κ3) is 6.16. The SMILES string of the molecule is CCCC(CNCC)OCC(F)(F)C(F)(F)F. The second-order valence-corrected chi connectivity index (χ2v) is 3.73. The lowest BCUT2D eigenvalue weighted by atomic mass is 10.2. The standard InChI is InChI=1S/C10H18F5NO/c1-3-5-8(6-16-4-2)17-7-9(11,12)10(13,14)15/h8,16H,3-7H2,1-2H3. The molecule has 0 saturated heterocycles. The molecule has 0 amide bonds. The summed E-state index contributed by atoms with van der Waals surface area (Å²) < 4.78 is 65.4. The van der Waals surface area contributed by atoms with Crippen LogP contribution < -0.4 is 5.32 Å². The summed E-state index contributed by atoms with van der Waals surface area (Å²) in [7, 11) is 0.